The molecule has 0 aromatic heterocycles. The molecule has 0 unspecified atom stereocenters. The number of aryl methyl sites for hydroxylation is 1. The third-order valence-corrected chi connectivity index (χ3v) is 4.34. The molecule has 22 heavy (non-hydrogen) atoms. The highest BCUT2D eigenvalue weighted by molar-refractivity contribution is 6.36. The summed E-state index contributed by atoms with van der Waals surface area (Å²) in [4.78, 5) is 0. The smallest absolute Gasteiger partial charge is 0.0455 e. The predicted molar refractivity (Wildman–Crippen MR) is 101 cm³/mol. The first-order valence-corrected chi connectivity index (χ1v) is 8.57. The van der Waals surface area contributed by atoms with Gasteiger partial charge in [-0.25, -0.2) is 0 Å². The first-order valence-electron chi connectivity index (χ1n) is 7.44. The van der Waals surface area contributed by atoms with Crippen molar-refractivity contribution in [2.45, 2.75) is 46.5 Å². The van der Waals surface area contributed by atoms with Crippen molar-refractivity contribution in [1.82, 2.24) is 0 Å². The Morgan fingerprint density at radius 3 is 1.64 bits per heavy atom. The Kier molecular flexibility index (Phi) is 7.76. The van der Waals surface area contributed by atoms with Crippen LogP contribution in [0, 0.1) is 6.92 Å². The van der Waals surface area contributed by atoms with Crippen LogP contribution in [0.4, 0.5) is 0 Å². The van der Waals surface area contributed by atoms with E-state index in [4.69, 9.17) is 34.8 Å². The summed E-state index contributed by atoms with van der Waals surface area (Å²) in [5, 5.41) is 2.40. The molecule has 0 bridgehead atoms. The molecular formula is C19H23Cl3. The van der Waals surface area contributed by atoms with E-state index in [9.17, 15) is 0 Å². The Bertz CT molecular complexity index is 596. The van der Waals surface area contributed by atoms with Crippen LogP contribution in [0.1, 0.15) is 56.2 Å². The molecule has 0 spiro atoms. The summed E-state index contributed by atoms with van der Waals surface area (Å²) in [7, 11) is 0. The van der Waals surface area contributed by atoms with Crippen LogP contribution < -0.4 is 0 Å². The minimum atomic E-state index is 0.385. The summed E-state index contributed by atoms with van der Waals surface area (Å²) in [5.41, 5.74) is 3.49. The van der Waals surface area contributed by atoms with Crippen LogP contribution in [0.3, 0.4) is 0 Å². The molecule has 2 aromatic rings. The van der Waals surface area contributed by atoms with Gasteiger partial charge in [-0.3, -0.25) is 0 Å². The van der Waals surface area contributed by atoms with Crippen LogP contribution in [0.2, 0.25) is 15.1 Å². The summed E-state index contributed by atoms with van der Waals surface area (Å²) in [6.45, 7) is 10.5. The maximum Gasteiger partial charge on any atom is 0.0455 e. The van der Waals surface area contributed by atoms with Crippen molar-refractivity contribution >= 4 is 34.8 Å². The molecule has 0 amide bonds. The van der Waals surface area contributed by atoms with Gasteiger partial charge >= 0.3 is 0 Å². The van der Waals surface area contributed by atoms with Crippen molar-refractivity contribution in [1.29, 1.82) is 0 Å². The van der Waals surface area contributed by atoms with Crippen LogP contribution in [0.25, 0.3) is 0 Å². The lowest BCUT2D eigenvalue weighted by Gasteiger charge is -2.09. The Labute approximate surface area is 149 Å². The highest BCUT2D eigenvalue weighted by Gasteiger charge is 2.08. The van der Waals surface area contributed by atoms with Crippen LogP contribution in [-0.4, -0.2) is 0 Å². The van der Waals surface area contributed by atoms with Crippen molar-refractivity contribution in [3.63, 3.8) is 0 Å². The molecule has 0 saturated carbocycles. The fourth-order valence-corrected chi connectivity index (χ4v) is 3.45. The SMILES string of the molecule is CC(C)c1c(Cl)cccc1Cl.Cc1ccc(C(C)C)c(Cl)c1. The van der Waals surface area contributed by atoms with Crippen molar-refractivity contribution < 1.29 is 0 Å². The zero-order valence-electron chi connectivity index (χ0n) is 13.8. The minimum Gasteiger partial charge on any atom is -0.0840 e. The Morgan fingerprint density at radius 1 is 0.727 bits per heavy atom. The van der Waals surface area contributed by atoms with Crippen molar-refractivity contribution in [2.24, 2.45) is 0 Å². The van der Waals surface area contributed by atoms with E-state index in [1.54, 1.807) is 0 Å². The van der Waals surface area contributed by atoms with Crippen LogP contribution >= 0.6 is 34.8 Å². The second-order valence-corrected chi connectivity index (χ2v) is 7.19. The Morgan fingerprint density at radius 2 is 1.27 bits per heavy atom. The average molecular weight is 358 g/mol. The first kappa shape index (κ1) is 19.4. The van der Waals surface area contributed by atoms with E-state index in [2.05, 4.69) is 46.8 Å². The second-order valence-electron chi connectivity index (χ2n) is 5.97. The van der Waals surface area contributed by atoms with Crippen LogP contribution in [-0.2, 0) is 0 Å². The van der Waals surface area contributed by atoms with E-state index >= 15 is 0 Å². The molecule has 2 aromatic carbocycles. The predicted octanol–water partition coefficient (Wildman–Crippen LogP) is 7.89. The standard InChI is InChI=1S/C10H13Cl.C9H10Cl2/c1-7(2)9-5-4-8(3)6-10(9)11;1-6(2)9-7(10)4-3-5-8(9)11/h4-7H,1-3H3;3-6H,1-2H3. The summed E-state index contributed by atoms with van der Waals surface area (Å²) in [6.07, 6.45) is 0. The van der Waals surface area contributed by atoms with Gasteiger partial charge in [-0.1, -0.05) is 80.7 Å². The third kappa shape index (κ3) is 5.50. The second kappa shape index (κ2) is 8.82. The lowest BCUT2D eigenvalue weighted by Crippen LogP contribution is -1.89. The van der Waals surface area contributed by atoms with Crippen molar-refractivity contribution in [3.8, 4) is 0 Å². The normalized spacial score (nSPS) is 10.6. The topological polar surface area (TPSA) is 0 Å². The number of halogens is 3. The van der Waals surface area contributed by atoms with Crippen LogP contribution in [0.5, 0.6) is 0 Å². The molecule has 0 nitrogen and oxygen atoms in total. The lowest BCUT2D eigenvalue weighted by atomic mass is 10.0. The average Bonchev–Trinajstić information content (AvgIpc) is 2.38. The van der Waals surface area contributed by atoms with Crippen LogP contribution in [0.15, 0.2) is 36.4 Å². The molecule has 0 atom stereocenters. The zero-order valence-corrected chi connectivity index (χ0v) is 16.0. The summed E-state index contributed by atoms with van der Waals surface area (Å²) in [6, 6.07) is 11.8. The van der Waals surface area contributed by atoms with E-state index in [-0.39, 0.29) is 0 Å². The molecule has 120 valence electrons. The molecule has 3 heteroatoms. The van der Waals surface area contributed by atoms with Gasteiger partial charge in [0.15, 0.2) is 0 Å². The Balaban J connectivity index is 0.000000220. The number of rotatable bonds is 2. The summed E-state index contributed by atoms with van der Waals surface area (Å²) in [5.74, 6) is 0.902. The molecule has 2 rings (SSSR count). The van der Waals surface area contributed by atoms with Crippen molar-refractivity contribution in [3.05, 3.63) is 68.2 Å². The monoisotopic (exact) mass is 356 g/mol. The quantitative estimate of drug-likeness (QED) is 0.512. The van der Waals surface area contributed by atoms with Gasteiger partial charge in [0, 0.05) is 15.1 Å². The maximum atomic E-state index is 6.02. The number of benzene rings is 2. The third-order valence-electron chi connectivity index (χ3n) is 3.36. The van der Waals surface area contributed by atoms with Gasteiger partial charge in [-0.15, -0.1) is 0 Å². The molecule has 0 N–H and O–H groups in total. The van der Waals surface area contributed by atoms with E-state index in [1.165, 1.54) is 11.1 Å². The summed E-state index contributed by atoms with van der Waals surface area (Å²) >= 11 is 17.9. The molecule has 0 aliphatic heterocycles. The summed E-state index contributed by atoms with van der Waals surface area (Å²) < 4.78 is 0. The molecular weight excluding hydrogens is 335 g/mol. The molecule has 0 saturated heterocycles. The minimum absolute atomic E-state index is 0.385. The van der Waals surface area contributed by atoms with Gasteiger partial charge in [0.05, 0.1) is 0 Å². The van der Waals surface area contributed by atoms with E-state index in [0.29, 0.717) is 11.8 Å². The Hall–Kier alpha value is -0.690. The molecule has 0 fully saturated rings. The molecule has 0 radical (unpaired) electrons. The largest absolute Gasteiger partial charge is 0.0840 e. The number of hydrogen-bond acceptors (Lipinski definition) is 0. The highest BCUT2D eigenvalue weighted by atomic mass is 35.5. The van der Waals surface area contributed by atoms with Gasteiger partial charge < -0.3 is 0 Å². The van der Waals surface area contributed by atoms with Crippen molar-refractivity contribution in [2.75, 3.05) is 0 Å². The van der Waals surface area contributed by atoms with Gasteiger partial charge in [0.1, 0.15) is 0 Å². The molecule has 0 heterocycles. The lowest BCUT2D eigenvalue weighted by molar-refractivity contribution is 0.866. The van der Waals surface area contributed by atoms with Gasteiger partial charge in [0.25, 0.3) is 0 Å². The fourth-order valence-electron chi connectivity index (χ4n) is 2.16. The maximum absolute atomic E-state index is 6.02. The van der Waals surface area contributed by atoms with E-state index in [1.807, 2.05) is 24.3 Å². The van der Waals surface area contributed by atoms with E-state index < -0.39 is 0 Å². The molecule has 0 aliphatic carbocycles. The first-order chi connectivity index (χ1) is 10.2. The van der Waals surface area contributed by atoms with Gasteiger partial charge in [0.2, 0.25) is 0 Å². The number of hydrogen-bond donors (Lipinski definition) is 0. The fraction of sp³-hybridized carbons (Fsp3) is 0.368. The zero-order chi connectivity index (χ0) is 16.9. The molecule has 0 aliphatic rings. The highest BCUT2D eigenvalue weighted by Crippen LogP contribution is 2.30. The van der Waals surface area contributed by atoms with Gasteiger partial charge in [-0.05, 0) is 53.6 Å². The van der Waals surface area contributed by atoms with Gasteiger partial charge in [-0.2, -0.15) is 0 Å². The van der Waals surface area contributed by atoms with E-state index in [0.717, 1.165) is 20.6 Å².